The van der Waals surface area contributed by atoms with Crippen molar-refractivity contribution in [1.29, 1.82) is 0 Å². The zero-order valence-corrected chi connectivity index (χ0v) is 9.80. The fourth-order valence-corrected chi connectivity index (χ4v) is 2.02. The van der Waals surface area contributed by atoms with E-state index in [4.69, 9.17) is 0 Å². The molecule has 0 saturated heterocycles. The highest BCUT2D eigenvalue weighted by Crippen LogP contribution is 2.17. The van der Waals surface area contributed by atoms with E-state index < -0.39 is 0 Å². The molecule has 0 unspecified atom stereocenters. The highest BCUT2D eigenvalue weighted by molar-refractivity contribution is 7.12. The van der Waals surface area contributed by atoms with Crippen molar-refractivity contribution >= 4 is 23.2 Å². The van der Waals surface area contributed by atoms with E-state index in [1.54, 1.807) is 0 Å². The predicted molar refractivity (Wildman–Crippen MR) is 62.1 cm³/mol. The largest absolute Gasteiger partial charge is 0.469 e. The molecular formula is C11H13NO3S. The van der Waals surface area contributed by atoms with Crippen LogP contribution in [0.2, 0.25) is 0 Å². The van der Waals surface area contributed by atoms with Crippen LogP contribution in [-0.2, 0) is 27.3 Å². The maximum atomic E-state index is 11.0. The molecule has 1 aromatic rings. The standard InChI is InChI=1S/C11H13NO3S/c1-3-10(13)12-7-9-5-4-8(16-9)6-11(14)15-2/h3-5H,1,6-7H2,2H3,(H,12,13). The molecule has 0 spiro atoms. The van der Waals surface area contributed by atoms with Crippen molar-refractivity contribution in [3.63, 3.8) is 0 Å². The van der Waals surface area contributed by atoms with Crippen LogP contribution in [0, 0.1) is 0 Å². The van der Waals surface area contributed by atoms with Gasteiger partial charge in [-0.1, -0.05) is 6.58 Å². The molecule has 0 aliphatic heterocycles. The average Bonchev–Trinajstić information content (AvgIpc) is 2.73. The smallest absolute Gasteiger partial charge is 0.310 e. The van der Waals surface area contributed by atoms with Crippen molar-refractivity contribution in [1.82, 2.24) is 5.32 Å². The van der Waals surface area contributed by atoms with Gasteiger partial charge in [-0.25, -0.2) is 0 Å². The fraction of sp³-hybridized carbons (Fsp3) is 0.273. The summed E-state index contributed by atoms with van der Waals surface area (Å²) in [5, 5.41) is 2.67. The zero-order valence-electron chi connectivity index (χ0n) is 8.99. The summed E-state index contributed by atoms with van der Waals surface area (Å²) in [6.45, 7) is 3.81. The Labute approximate surface area is 97.9 Å². The minimum Gasteiger partial charge on any atom is -0.469 e. The van der Waals surface area contributed by atoms with Crippen LogP contribution < -0.4 is 5.32 Å². The third-order valence-corrected chi connectivity index (χ3v) is 2.97. The van der Waals surface area contributed by atoms with Gasteiger partial charge in [0.25, 0.3) is 0 Å². The Balaban J connectivity index is 2.48. The van der Waals surface area contributed by atoms with Gasteiger partial charge in [0.2, 0.25) is 5.91 Å². The molecule has 1 N–H and O–H groups in total. The number of hydrogen-bond donors (Lipinski definition) is 1. The highest BCUT2D eigenvalue weighted by atomic mass is 32.1. The normalized spacial score (nSPS) is 9.56. The molecule has 4 nitrogen and oxygen atoms in total. The quantitative estimate of drug-likeness (QED) is 0.622. The van der Waals surface area contributed by atoms with Crippen molar-refractivity contribution < 1.29 is 14.3 Å². The monoisotopic (exact) mass is 239 g/mol. The first-order chi connectivity index (χ1) is 7.65. The van der Waals surface area contributed by atoms with Crippen molar-refractivity contribution in [2.24, 2.45) is 0 Å². The van der Waals surface area contributed by atoms with Gasteiger partial charge in [-0.3, -0.25) is 9.59 Å². The number of esters is 1. The molecular weight excluding hydrogens is 226 g/mol. The van der Waals surface area contributed by atoms with E-state index in [1.165, 1.54) is 24.5 Å². The van der Waals surface area contributed by atoms with Gasteiger partial charge in [0, 0.05) is 9.75 Å². The molecule has 86 valence electrons. The number of carbonyl (C=O) groups excluding carboxylic acids is 2. The average molecular weight is 239 g/mol. The first kappa shape index (κ1) is 12.4. The molecule has 0 aliphatic rings. The second kappa shape index (κ2) is 6.07. The molecule has 0 bridgehead atoms. The van der Waals surface area contributed by atoms with Crippen LogP contribution in [0.1, 0.15) is 9.75 Å². The Morgan fingerprint density at radius 2 is 2.19 bits per heavy atom. The fourth-order valence-electron chi connectivity index (χ4n) is 1.07. The van der Waals surface area contributed by atoms with Crippen molar-refractivity contribution in [3.8, 4) is 0 Å². The van der Waals surface area contributed by atoms with Gasteiger partial charge in [-0.15, -0.1) is 11.3 Å². The second-order valence-electron chi connectivity index (χ2n) is 3.04. The van der Waals surface area contributed by atoms with Gasteiger partial charge < -0.3 is 10.1 Å². The minimum absolute atomic E-state index is 0.206. The number of carbonyl (C=O) groups is 2. The summed E-state index contributed by atoms with van der Waals surface area (Å²) in [5.74, 6) is -0.466. The van der Waals surface area contributed by atoms with E-state index in [9.17, 15) is 9.59 Å². The van der Waals surface area contributed by atoms with Crippen LogP contribution in [0.15, 0.2) is 24.8 Å². The number of rotatable bonds is 5. The van der Waals surface area contributed by atoms with Crippen LogP contribution in [-0.4, -0.2) is 19.0 Å². The van der Waals surface area contributed by atoms with Gasteiger partial charge in [-0.05, 0) is 18.2 Å². The van der Waals surface area contributed by atoms with Crippen LogP contribution in [0.3, 0.4) is 0 Å². The van der Waals surface area contributed by atoms with Crippen LogP contribution in [0.5, 0.6) is 0 Å². The highest BCUT2D eigenvalue weighted by Gasteiger charge is 2.06. The molecule has 0 atom stereocenters. The molecule has 0 aromatic carbocycles. The van der Waals surface area contributed by atoms with Gasteiger partial charge in [-0.2, -0.15) is 0 Å². The number of amides is 1. The molecule has 0 aliphatic carbocycles. The molecule has 1 aromatic heterocycles. The van der Waals surface area contributed by atoms with Crippen molar-refractivity contribution in [3.05, 3.63) is 34.5 Å². The lowest BCUT2D eigenvalue weighted by atomic mass is 10.3. The summed E-state index contributed by atoms with van der Waals surface area (Å²) in [7, 11) is 1.36. The molecule has 16 heavy (non-hydrogen) atoms. The first-order valence-electron chi connectivity index (χ1n) is 4.70. The number of methoxy groups -OCH3 is 1. The maximum absolute atomic E-state index is 11.0. The first-order valence-corrected chi connectivity index (χ1v) is 5.52. The zero-order chi connectivity index (χ0) is 12.0. The molecule has 1 amide bonds. The van der Waals surface area contributed by atoms with Crippen molar-refractivity contribution in [2.75, 3.05) is 7.11 Å². The Hall–Kier alpha value is -1.62. The van der Waals surface area contributed by atoms with E-state index in [1.807, 2.05) is 12.1 Å². The van der Waals surface area contributed by atoms with Gasteiger partial charge in [0.15, 0.2) is 0 Å². The third kappa shape index (κ3) is 3.86. The van der Waals surface area contributed by atoms with Gasteiger partial charge in [0.1, 0.15) is 0 Å². The summed E-state index contributed by atoms with van der Waals surface area (Å²) in [6, 6.07) is 3.74. The van der Waals surface area contributed by atoms with E-state index in [0.717, 1.165) is 9.75 Å². The molecule has 5 heteroatoms. The molecule has 0 radical (unpaired) electrons. The van der Waals surface area contributed by atoms with E-state index in [2.05, 4.69) is 16.6 Å². The lowest BCUT2D eigenvalue weighted by Gasteiger charge is -1.98. The number of hydrogen-bond acceptors (Lipinski definition) is 4. The third-order valence-electron chi connectivity index (χ3n) is 1.89. The molecule has 0 fully saturated rings. The van der Waals surface area contributed by atoms with E-state index >= 15 is 0 Å². The number of ether oxygens (including phenoxy) is 1. The van der Waals surface area contributed by atoms with E-state index in [-0.39, 0.29) is 18.3 Å². The predicted octanol–water partition coefficient (Wildman–Crippen LogP) is 1.27. The Kier molecular flexibility index (Phi) is 4.72. The van der Waals surface area contributed by atoms with Crippen molar-refractivity contribution in [2.45, 2.75) is 13.0 Å². The minimum atomic E-state index is -0.261. The molecule has 1 rings (SSSR count). The summed E-state index contributed by atoms with van der Waals surface area (Å²) in [6.07, 6.45) is 1.50. The van der Waals surface area contributed by atoms with Crippen LogP contribution >= 0.6 is 11.3 Å². The Bertz CT molecular complexity index is 398. The summed E-state index contributed by atoms with van der Waals surface area (Å²) in [5.41, 5.74) is 0. The van der Waals surface area contributed by atoms with Crippen LogP contribution in [0.25, 0.3) is 0 Å². The summed E-state index contributed by atoms with van der Waals surface area (Å²) in [4.78, 5) is 23.8. The molecule has 0 saturated carbocycles. The Morgan fingerprint density at radius 1 is 1.50 bits per heavy atom. The Morgan fingerprint density at radius 3 is 2.81 bits per heavy atom. The lowest BCUT2D eigenvalue weighted by Crippen LogP contribution is -2.19. The molecule has 1 heterocycles. The maximum Gasteiger partial charge on any atom is 0.310 e. The SMILES string of the molecule is C=CC(=O)NCc1ccc(CC(=O)OC)s1. The number of thiophene rings is 1. The topological polar surface area (TPSA) is 55.4 Å². The van der Waals surface area contributed by atoms with Gasteiger partial charge >= 0.3 is 5.97 Å². The van der Waals surface area contributed by atoms with Crippen LogP contribution in [0.4, 0.5) is 0 Å². The van der Waals surface area contributed by atoms with Gasteiger partial charge in [0.05, 0.1) is 20.1 Å². The second-order valence-corrected chi connectivity index (χ2v) is 4.30. The number of nitrogens with one attached hydrogen (secondary N) is 1. The lowest BCUT2D eigenvalue weighted by molar-refractivity contribution is -0.139. The summed E-state index contributed by atoms with van der Waals surface area (Å²) < 4.78 is 4.56. The summed E-state index contributed by atoms with van der Waals surface area (Å²) >= 11 is 1.48. The van der Waals surface area contributed by atoms with E-state index in [0.29, 0.717) is 6.54 Å².